The van der Waals surface area contributed by atoms with Gasteiger partial charge in [0.2, 0.25) is 5.91 Å². The van der Waals surface area contributed by atoms with Crippen LogP contribution in [0.15, 0.2) is 0 Å². The normalized spacial score (nSPS) is 28.3. The molecular formula is C12H18N2O. The lowest BCUT2D eigenvalue weighted by Gasteiger charge is -2.31. The number of hydrogen-bond donors (Lipinski definition) is 0. The standard InChI is InChI=1S/C12H18N2O/c1-9(11-4-5-11)12(15)14-6-2-3-10(7-13)8-14/h9-11H,2-6,8H2,1H3. The summed E-state index contributed by atoms with van der Waals surface area (Å²) >= 11 is 0. The topological polar surface area (TPSA) is 44.1 Å². The largest absolute Gasteiger partial charge is 0.341 e. The third-order valence-electron chi connectivity index (χ3n) is 3.63. The van der Waals surface area contributed by atoms with Crippen molar-refractivity contribution in [1.29, 1.82) is 5.26 Å². The minimum atomic E-state index is 0.0640. The first-order valence-electron chi connectivity index (χ1n) is 5.90. The zero-order valence-corrected chi connectivity index (χ0v) is 9.28. The zero-order valence-electron chi connectivity index (χ0n) is 9.28. The molecule has 0 radical (unpaired) electrons. The van der Waals surface area contributed by atoms with E-state index in [9.17, 15) is 4.79 Å². The van der Waals surface area contributed by atoms with Gasteiger partial charge >= 0.3 is 0 Å². The van der Waals surface area contributed by atoms with Gasteiger partial charge < -0.3 is 4.90 Å². The molecule has 1 amide bonds. The minimum Gasteiger partial charge on any atom is -0.341 e. The fraction of sp³-hybridized carbons (Fsp3) is 0.833. The predicted octanol–water partition coefficient (Wildman–Crippen LogP) is 1.79. The van der Waals surface area contributed by atoms with Crippen molar-refractivity contribution in [3.63, 3.8) is 0 Å². The van der Waals surface area contributed by atoms with Crippen molar-refractivity contribution in [2.45, 2.75) is 32.6 Å². The number of carbonyl (C=O) groups excluding carboxylic acids is 1. The van der Waals surface area contributed by atoms with Gasteiger partial charge in [0.25, 0.3) is 0 Å². The van der Waals surface area contributed by atoms with E-state index in [1.165, 1.54) is 12.8 Å². The van der Waals surface area contributed by atoms with E-state index in [1.807, 2.05) is 11.8 Å². The number of nitriles is 1. The molecule has 1 aliphatic carbocycles. The molecule has 0 N–H and O–H groups in total. The highest BCUT2D eigenvalue weighted by atomic mass is 16.2. The Morgan fingerprint density at radius 1 is 1.47 bits per heavy atom. The Labute approximate surface area is 91.1 Å². The van der Waals surface area contributed by atoms with Crippen molar-refractivity contribution in [1.82, 2.24) is 4.90 Å². The van der Waals surface area contributed by atoms with E-state index in [0.717, 1.165) is 19.4 Å². The predicted molar refractivity (Wildman–Crippen MR) is 56.8 cm³/mol. The molecule has 2 unspecified atom stereocenters. The maximum absolute atomic E-state index is 12.1. The highest BCUT2D eigenvalue weighted by Crippen LogP contribution is 2.37. The van der Waals surface area contributed by atoms with Gasteiger partial charge in [-0.3, -0.25) is 4.79 Å². The number of likely N-dealkylation sites (tertiary alicyclic amines) is 1. The van der Waals surface area contributed by atoms with Crippen molar-refractivity contribution in [3.05, 3.63) is 0 Å². The number of nitrogens with zero attached hydrogens (tertiary/aromatic N) is 2. The van der Waals surface area contributed by atoms with E-state index in [1.54, 1.807) is 0 Å². The molecule has 2 rings (SSSR count). The quantitative estimate of drug-likeness (QED) is 0.691. The molecule has 3 heteroatoms. The molecule has 82 valence electrons. The van der Waals surface area contributed by atoms with Gasteiger partial charge in [-0.25, -0.2) is 0 Å². The molecule has 1 aliphatic heterocycles. The van der Waals surface area contributed by atoms with Crippen molar-refractivity contribution < 1.29 is 4.79 Å². The number of rotatable bonds is 2. The summed E-state index contributed by atoms with van der Waals surface area (Å²) in [5.74, 6) is 1.15. The molecule has 0 bridgehead atoms. The van der Waals surface area contributed by atoms with E-state index in [0.29, 0.717) is 12.5 Å². The summed E-state index contributed by atoms with van der Waals surface area (Å²) in [7, 11) is 0. The molecule has 1 saturated heterocycles. The second-order valence-corrected chi connectivity index (χ2v) is 4.88. The fourth-order valence-corrected chi connectivity index (χ4v) is 2.37. The second-order valence-electron chi connectivity index (χ2n) is 4.88. The Kier molecular flexibility index (Phi) is 2.95. The summed E-state index contributed by atoms with van der Waals surface area (Å²) < 4.78 is 0. The summed E-state index contributed by atoms with van der Waals surface area (Å²) in [6.45, 7) is 3.55. The van der Waals surface area contributed by atoms with Gasteiger partial charge in [-0.2, -0.15) is 5.26 Å². The van der Waals surface area contributed by atoms with Gasteiger partial charge in [0.05, 0.1) is 12.0 Å². The first-order chi connectivity index (χ1) is 7.22. The van der Waals surface area contributed by atoms with Gasteiger partial charge in [-0.1, -0.05) is 6.92 Å². The Balaban J connectivity index is 1.91. The first kappa shape index (κ1) is 10.5. The molecular weight excluding hydrogens is 188 g/mol. The van der Waals surface area contributed by atoms with E-state index in [2.05, 4.69) is 6.07 Å². The van der Waals surface area contributed by atoms with Gasteiger partial charge in [0, 0.05) is 19.0 Å². The van der Waals surface area contributed by atoms with E-state index < -0.39 is 0 Å². The highest BCUT2D eigenvalue weighted by Gasteiger charge is 2.36. The Morgan fingerprint density at radius 3 is 2.80 bits per heavy atom. The lowest BCUT2D eigenvalue weighted by atomic mass is 9.97. The monoisotopic (exact) mass is 206 g/mol. The molecule has 2 fully saturated rings. The molecule has 3 nitrogen and oxygen atoms in total. The zero-order chi connectivity index (χ0) is 10.8. The molecule has 1 heterocycles. The summed E-state index contributed by atoms with van der Waals surface area (Å²) in [5, 5.41) is 8.86. The van der Waals surface area contributed by atoms with Crippen LogP contribution >= 0.6 is 0 Å². The molecule has 1 saturated carbocycles. The van der Waals surface area contributed by atoms with Gasteiger partial charge in [0.1, 0.15) is 0 Å². The average Bonchev–Trinajstić information content (AvgIpc) is 3.11. The van der Waals surface area contributed by atoms with Crippen LogP contribution in [0.2, 0.25) is 0 Å². The first-order valence-corrected chi connectivity index (χ1v) is 5.90. The molecule has 0 spiro atoms. The molecule has 0 aromatic carbocycles. The van der Waals surface area contributed by atoms with Gasteiger partial charge in [-0.15, -0.1) is 0 Å². The van der Waals surface area contributed by atoms with Gasteiger partial charge in [-0.05, 0) is 31.6 Å². The van der Waals surface area contributed by atoms with E-state index in [-0.39, 0.29) is 17.7 Å². The lowest BCUT2D eigenvalue weighted by Crippen LogP contribution is -2.42. The van der Waals surface area contributed by atoms with Crippen molar-refractivity contribution in [2.75, 3.05) is 13.1 Å². The minimum absolute atomic E-state index is 0.0640. The van der Waals surface area contributed by atoms with Crippen LogP contribution < -0.4 is 0 Å². The summed E-state index contributed by atoms with van der Waals surface area (Å²) in [6.07, 6.45) is 4.37. The number of hydrogen-bond acceptors (Lipinski definition) is 2. The van der Waals surface area contributed by atoms with Crippen LogP contribution in [0.1, 0.15) is 32.6 Å². The number of amides is 1. The molecule has 0 aromatic heterocycles. The highest BCUT2D eigenvalue weighted by molar-refractivity contribution is 5.79. The second kappa shape index (κ2) is 4.22. The summed E-state index contributed by atoms with van der Waals surface area (Å²) in [4.78, 5) is 14.0. The SMILES string of the molecule is CC(C(=O)N1CCCC(C#N)C1)C1CC1. The average molecular weight is 206 g/mol. The summed E-state index contributed by atoms with van der Waals surface area (Å²) in [5.41, 5.74) is 0. The van der Waals surface area contributed by atoms with Crippen molar-refractivity contribution in [3.8, 4) is 6.07 Å². The maximum Gasteiger partial charge on any atom is 0.225 e. The van der Waals surface area contributed by atoms with Crippen LogP contribution in [-0.4, -0.2) is 23.9 Å². The van der Waals surface area contributed by atoms with E-state index >= 15 is 0 Å². The lowest BCUT2D eigenvalue weighted by molar-refractivity contribution is -0.137. The van der Waals surface area contributed by atoms with Crippen molar-refractivity contribution >= 4 is 5.91 Å². The smallest absolute Gasteiger partial charge is 0.225 e. The third-order valence-corrected chi connectivity index (χ3v) is 3.63. The Hall–Kier alpha value is -1.04. The van der Waals surface area contributed by atoms with Crippen LogP contribution in [0, 0.1) is 29.1 Å². The number of carbonyl (C=O) groups is 1. The van der Waals surface area contributed by atoms with Crippen molar-refractivity contribution in [2.24, 2.45) is 17.8 Å². The molecule has 2 aliphatic rings. The van der Waals surface area contributed by atoms with Crippen LogP contribution in [0.4, 0.5) is 0 Å². The van der Waals surface area contributed by atoms with Crippen LogP contribution in [0.5, 0.6) is 0 Å². The van der Waals surface area contributed by atoms with Crippen LogP contribution in [0.25, 0.3) is 0 Å². The Bertz CT molecular complexity index is 290. The maximum atomic E-state index is 12.1. The molecule has 2 atom stereocenters. The molecule has 0 aromatic rings. The van der Waals surface area contributed by atoms with Crippen LogP contribution in [-0.2, 0) is 4.79 Å². The molecule has 15 heavy (non-hydrogen) atoms. The van der Waals surface area contributed by atoms with Crippen LogP contribution in [0.3, 0.4) is 0 Å². The van der Waals surface area contributed by atoms with Gasteiger partial charge in [0.15, 0.2) is 0 Å². The fourth-order valence-electron chi connectivity index (χ4n) is 2.37. The Morgan fingerprint density at radius 2 is 2.20 bits per heavy atom. The number of piperidine rings is 1. The summed E-state index contributed by atoms with van der Waals surface area (Å²) in [6, 6.07) is 2.28. The van der Waals surface area contributed by atoms with E-state index in [4.69, 9.17) is 5.26 Å². The third kappa shape index (κ3) is 2.31.